The van der Waals surface area contributed by atoms with Crippen LogP contribution in [0.4, 0.5) is 0 Å². The molecular formula is C18H33N3. The highest BCUT2D eigenvalue weighted by Gasteiger charge is 2.30. The van der Waals surface area contributed by atoms with Crippen LogP contribution in [0.5, 0.6) is 0 Å². The Morgan fingerprint density at radius 2 is 2.14 bits per heavy atom. The minimum absolute atomic E-state index is 0.592. The third-order valence-corrected chi connectivity index (χ3v) is 4.97. The van der Waals surface area contributed by atoms with Gasteiger partial charge in [-0.15, -0.1) is 0 Å². The molecule has 1 saturated carbocycles. The molecule has 0 bridgehead atoms. The molecule has 2 rings (SSSR count). The van der Waals surface area contributed by atoms with E-state index in [0.29, 0.717) is 6.04 Å². The number of aromatic nitrogens is 2. The Bertz CT molecular complexity index is 410. The van der Waals surface area contributed by atoms with E-state index < -0.39 is 0 Å². The number of hydrogen-bond acceptors (Lipinski definition) is 2. The van der Waals surface area contributed by atoms with E-state index in [0.717, 1.165) is 24.2 Å². The van der Waals surface area contributed by atoms with Gasteiger partial charge in [-0.25, -0.2) is 0 Å². The maximum Gasteiger partial charge on any atom is 0.0627 e. The van der Waals surface area contributed by atoms with Crippen molar-refractivity contribution in [1.29, 1.82) is 0 Å². The highest BCUT2D eigenvalue weighted by atomic mass is 15.2. The number of hydrogen-bond donors (Lipinski definition) is 1. The molecule has 0 amide bonds. The van der Waals surface area contributed by atoms with Gasteiger partial charge >= 0.3 is 0 Å². The molecule has 0 spiro atoms. The Morgan fingerprint density at radius 3 is 2.76 bits per heavy atom. The Hall–Kier alpha value is -0.830. The third kappa shape index (κ3) is 5.14. The maximum atomic E-state index is 4.60. The van der Waals surface area contributed by atoms with Crippen molar-refractivity contribution < 1.29 is 0 Å². The highest BCUT2D eigenvalue weighted by Crippen LogP contribution is 2.37. The second kappa shape index (κ2) is 7.98. The van der Waals surface area contributed by atoms with Crippen molar-refractivity contribution in [2.45, 2.75) is 65.3 Å². The predicted octanol–water partition coefficient (Wildman–Crippen LogP) is 3.79. The van der Waals surface area contributed by atoms with Gasteiger partial charge in [0.05, 0.1) is 5.69 Å². The van der Waals surface area contributed by atoms with Crippen LogP contribution < -0.4 is 5.32 Å². The van der Waals surface area contributed by atoms with Crippen molar-refractivity contribution in [2.24, 2.45) is 24.8 Å². The van der Waals surface area contributed by atoms with Crippen LogP contribution >= 0.6 is 0 Å². The molecule has 1 heterocycles. The molecule has 1 fully saturated rings. The fourth-order valence-corrected chi connectivity index (χ4v) is 3.84. The van der Waals surface area contributed by atoms with Crippen molar-refractivity contribution in [3.05, 3.63) is 18.0 Å². The van der Waals surface area contributed by atoms with E-state index in [2.05, 4.69) is 43.4 Å². The van der Waals surface area contributed by atoms with Gasteiger partial charge in [-0.2, -0.15) is 5.10 Å². The summed E-state index contributed by atoms with van der Waals surface area (Å²) in [5.41, 5.74) is 1.27. The summed E-state index contributed by atoms with van der Waals surface area (Å²) in [5.74, 6) is 2.57. The summed E-state index contributed by atoms with van der Waals surface area (Å²) >= 11 is 0. The lowest BCUT2D eigenvalue weighted by molar-refractivity contribution is 0.164. The normalized spacial score (nSPS) is 26.4. The molecule has 1 aliphatic rings. The summed E-state index contributed by atoms with van der Waals surface area (Å²) in [7, 11) is 2.02. The van der Waals surface area contributed by atoms with Crippen molar-refractivity contribution in [3.63, 3.8) is 0 Å². The first-order chi connectivity index (χ1) is 10.1. The van der Waals surface area contributed by atoms with Crippen LogP contribution in [0.1, 0.15) is 58.6 Å². The molecule has 3 atom stereocenters. The summed E-state index contributed by atoms with van der Waals surface area (Å²) in [6, 6.07) is 2.78. The van der Waals surface area contributed by atoms with Crippen molar-refractivity contribution in [1.82, 2.24) is 15.1 Å². The molecule has 3 heteroatoms. The van der Waals surface area contributed by atoms with Crippen LogP contribution in [0.25, 0.3) is 0 Å². The van der Waals surface area contributed by atoms with Gasteiger partial charge in [0.25, 0.3) is 0 Å². The van der Waals surface area contributed by atoms with E-state index in [1.807, 2.05) is 11.7 Å². The molecule has 0 saturated heterocycles. The fraction of sp³-hybridized carbons (Fsp3) is 0.833. The quantitative estimate of drug-likeness (QED) is 0.828. The van der Waals surface area contributed by atoms with E-state index in [-0.39, 0.29) is 0 Å². The maximum absolute atomic E-state index is 4.60. The topological polar surface area (TPSA) is 29.9 Å². The first kappa shape index (κ1) is 16.5. The first-order valence-corrected chi connectivity index (χ1v) is 8.80. The summed E-state index contributed by atoms with van der Waals surface area (Å²) in [4.78, 5) is 0. The zero-order valence-corrected chi connectivity index (χ0v) is 14.3. The van der Waals surface area contributed by atoms with Gasteiger partial charge in [-0.05, 0) is 49.6 Å². The SMILES string of the molecule is CCCC1CCC(CNC(C)C)C(Cc2ccn(C)n2)C1. The van der Waals surface area contributed by atoms with E-state index >= 15 is 0 Å². The lowest BCUT2D eigenvalue weighted by atomic mass is 9.71. The minimum atomic E-state index is 0.592. The van der Waals surface area contributed by atoms with Gasteiger partial charge in [0.2, 0.25) is 0 Å². The standard InChI is InChI=1S/C18H33N3/c1-5-6-15-7-8-16(13-19-14(2)3)17(11-15)12-18-9-10-21(4)20-18/h9-10,14-17,19H,5-8,11-13H2,1-4H3. The zero-order valence-electron chi connectivity index (χ0n) is 14.3. The lowest BCUT2D eigenvalue weighted by Crippen LogP contribution is -2.36. The molecule has 3 nitrogen and oxygen atoms in total. The van der Waals surface area contributed by atoms with Crippen molar-refractivity contribution in [2.75, 3.05) is 6.54 Å². The molecule has 0 aromatic carbocycles. The molecule has 21 heavy (non-hydrogen) atoms. The van der Waals surface area contributed by atoms with E-state index in [1.165, 1.54) is 44.3 Å². The van der Waals surface area contributed by atoms with Crippen molar-refractivity contribution in [3.8, 4) is 0 Å². The smallest absolute Gasteiger partial charge is 0.0627 e. The average Bonchev–Trinajstić information content (AvgIpc) is 2.83. The molecule has 1 N–H and O–H groups in total. The Balaban J connectivity index is 1.97. The number of nitrogens with one attached hydrogen (secondary N) is 1. The predicted molar refractivity (Wildman–Crippen MR) is 89.3 cm³/mol. The largest absolute Gasteiger partial charge is 0.314 e. The fourth-order valence-electron chi connectivity index (χ4n) is 3.84. The Labute approximate surface area is 130 Å². The summed E-state index contributed by atoms with van der Waals surface area (Å²) in [5, 5.41) is 8.26. The van der Waals surface area contributed by atoms with Crippen LogP contribution in [-0.2, 0) is 13.5 Å². The van der Waals surface area contributed by atoms with Gasteiger partial charge in [0, 0.05) is 19.3 Å². The summed E-state index contributed by atoms with van der Waals surface area (Å²) < 4.78 is 1.93. The van der Waals surface area contributed by atoms with Crippen molar-refractivity contribution >= 4 is 0 Å². The lowest BCUT2D eigenvalue weighted by Gasteiger charge is -2.36. The van der Waals surface area contributed by atoms with E-state index in [4.69, 9.17) is 0 Å². The highest BCUT2D eigenvalue weighted by molar-refractivity contribution is 5.01. The Kier molecular flexibility index (Phi) is 6.28. The summed E-state index contributed by atoms with van der Waals surface area (Å²) in [6.07, 6.45) is 10.2. The van der Waals surface area contributed by atoms with Gasteiger partial charge in [-0.3, -0.25) is 4.68 Å². The van der Waals surface area contributed by atoms with Crippen LogP contribution in [-0.4, -0.2) is 22.4 Å². The second-order valence-corrected chi connectivity index (χ2v) is 7.24. The first-order valence-electron chi connectivity index (χ1n) is 8.80. The third-order valence-electron chi connectivity index (χ3n) is 4.97. The molecule has 1 aromatic heterocycles. The molecule has 120 valence electrons. The number of rotatable bonds is 7. The van der Waals surface area contributed by atoms with Crippen LogP contribution in [0.15, 0.2) is 12.3 Å². The summed E-state index contributed by atoms with van der Waals surface area (Å²) in [6.45, 7) is 7.99. The molecule has 3 unspecified atom stereocenters. The zero-order chi connectivity index (χ0) is 15.2. The molecule has 0 radical (unpaired) electrons. The van der Waals surface area contributed by atoms with Gasteiger partial charge in [-0.1, -0.05) is 40.0 Å². The van der Waals surface area contributed by atoms with Gasteiger partial charge in [0.15, 0.2) is 0 Å². The molecular weight excluding hydrogens is 258 g/mol. The minimum Gasteiger partial charge on any atom is -0.314 e. The second-order valence-electron chi connectivity index (χ2n) is 7.24. The van der Waals surface area contributed by atoms with Crippen LogP contribution in [0.2, 0.25) is 0 Å². The van der Waals surface area contributed by atoms with Crippen LogP contribution in [0, 0.1) is 17.8 Å². The van der Waals surface area contributed by atoms with Gasteiger partial charge in [0.1, 0.15) is 0 Å². The molecule has 1 aromatic rings. The number of aryl methyl sites for hydroxylation is 1. The van der Waals surface area contributed by atoms with Gasteiger partial charge < -0.3 is 5.32 Å². The van der Waals surface area contributed by atoms with E-state index in [1.54, 1.807) is 0 Å². The molecule has 0 aliphatic heterocycles. The monoisotopic (exact) mass is 291 g/mol. The number of nitrogens with zero attached hydrogens (tertiary/aromatic N) is 2. The average molecular weight is 291 g/mol. The van der Waals surface area contributed by atoms with Crippen LogP contribution in [0.3, 0.4) is 0 Å². The Morgan fingerprint density at radius 1 is 1.33 bits per heavy atom. The van der Waals surface area contributed by atoms with E-state index in [9.17, 15) is 0 Å². The molecule has 1 aliphatic carbocycles.